The molecule has 0 spiro atoms. The molecule has 0 saturated heterocycles. The zero-order chi connectivity index (χ0) is 23.7. The molecule has 0 radical (unpaired) electrons. The van der Waals surface area contributed by atoms with Crippen molar-refractivity contribution in [3.05, 3.63) is 76.9 Å². The maximum absolute atomic E-state index is 5.70. The monoisotopic (exact) mass is 464 g/mol. The van der Waals surface area contributed by atoms with E-state index in [2.05, 4.69) is 113 Å². The van der Waals surface area contributed by atoms with Crippen molar-refractivity contribution in [2.24, 2.45) is 0 Å². The van der Waals surface area contributed by atoms with E-state index < -0.39 is 0 Å². The smallest absolute Gasteiger partial charge is 0.279 e. The largest absolute Gasteiger partial charge is 0.421 e. The van der Waals surface area contributed by atoms with Gasteiger partial charge in [-0.05, 0) is 27.9 Å². The molecular formula is C28H36N2S2. The molecule has 0 aliphatic heterocycles. The van der Waals surface area contributed by atoms with Crippen LogP contribution in [-0.2, 0) is 12.6 Å². The van der Waals surface area contributed by atoms with Crippen LogP contribution in [-0.4, -0.2) is 8.76 Å². The minimum atomic E-state index is 0.389. The fraction of sp³-hybridized carbons (Fsp3) is 0.429. The molecule has 0 fully saturated rings. The van der Waals surface area contributed by atoms with E-state index in [0.29, 0.717) is 27.9 Å². The van der Waals surface area contributed by atoms with Crippen molar-refractivity contribution in [1.82, 2.24) is 4.57 Å². The Morgan fingerprint density at radius 1 is 0.750 bits per heavy atom. The van der Waals surface area contributed by atoms with E-state index in [1.54, 1.807) is 0 Å². The maximum Gasteiger partial charge on any atom is 0.279 e. The van der Waals surface area contributed by atoms with E-state index in [-0.39, 0.29) is 0 Å². The van der Waals surface area contributed by atoms with Gasteiger partial charge >= 0.3 is 0 Å². The molecule has 0 unspecified atom stereocenters. The zero-order valence-electron chi connectivity index (χ0n) is 20.6. The predicted octanol–water partition coefficient (Wildman–Crippen LogP) is 7.47. The molecule has 2 aromatic carbocycles. The van der Waals surface area contributed by atoms with E-state index in [0.717, 1.165) is 5.82 Å². The number of hydrogen-bond acceptors (Lipinski definition) is 2. The first-order valence-electron chi connectivity index (χ1n) is 11.7. The third kappa shape index (κ3) is 4.53. The van der Waals surface area contributed by atoms with Gasteiger partial charge in [0.15, 0.2) is 0 Å². The first-order chi connectivity index (χ1) is 15.1. The number of benzene rings is 2. The summed E-state index contributed by atoms with van der Waals surface area (Å²) in [6.45, 7) is 18.0. The number of hydrogen-bond donors (Lipinski definition) is 0. The summed E-state index contributed by atoms with van der Waals surface area (Å²) in [7, 11) is 0. The minimum Gasteiger partial charge on any atom is -0.421 e. The Labute approximate surface area is 205 Å². The van der Waals surface area contributed by atoms with E-state index in [9.17, 15) is 0 Å². The van der Waals surface area contributed by atoms with Gasteiger partial charge in [0.1, 0.15) is 23.8 Å². The SMILES string of the molecule is CC(C)c1cccc(C(C)C)c1-n1cc[n+](-c2c(C(C)C)cccc2C(C)C)c1C(=S)[S-]. The van der Waals surface area contributed by atoms with Gasteiger partial charge in [0, 0.05) is 22.3 Å². The van der Waals surface area contributed by atoms with Crippen molar-refractivity contribution in [3.8, 4) is 11.4 Å². The molecule has 1 heterocycles. The molecule has 170 valence electrons. The number of rotatable bonds is 7. The average Bonchev–Trinajstić information content (AvgIpc) is 3.17. The number of aromatic nitrogens is 2. The summed E-state index contributed by atoms with van der Waals surface area (Å²) in [6, 6.07) is 13.3. The molecule has 0 N–H and O–H groups in total. The molecule has 1 aromatic heterocycles. The lowest BCUT2D eigenvalue weighted by atomic mass is 9.92. The third-order valence-electron chi connectivity index (χ3n) is 6.17. The van der Waals surface area contributed by atoms with Crippen molar-refractivity contribution >= 4 is 29.0 Å². The molecule has 3 aromatic rings. The summed E-state index contributed by atoms with van der Waals surface area (Å²) in [5, 5.41) is 0. The molecule has 2 nitrogen and oxygen atoms in total. The molecule has 0 bridgehead atoms. The lowest BCUT2D eigenvalue weighted by Crippen LogP contribution is -2.39. The highest BCUT2D eigenvalue weighted by molar-refractivity contribution is 8.01. The highest BCUT2D eigenvalue weighted by atomic mass is 32.1. The van der Waals surface area contributed by atoms with Gasteiger partial charge < -0.3 is 24.8 Å². The molecule has 32 heavy (non-hydrogen) atoms. The summed E-state index contributed by atoms with van der Waals surface area (Å²) < 4.78 is 4.96. The van der Waals surface area contributed by atoms with E-state index in [1.165, 1.54) is 33.6 Å². The molecule has 0 amide bonds. The minimum absolute atomic E-state index is 0.389. The zero-order valence-corrected chi connectivity index (χ0v) is 22.3. The van der Waals surface area contributed by atoms with E-state index in [4.69, 9.17) is 24.8 Å². The Morgan fingerprint density at radius 3 is 1.53 bits per heavy atom. The van der Waals surface area contributed by atoms with Gasteiger partial charge in [-0.1, -0.05) is 91.8 Å². The van der Waals surface area contributed by atoms with Gasteiger partial charge in [-0.25, -0.2) is 0 Å². The van der Waals surface area contributed by atoms with Crippen LogP contribution in [0.4, 0.5) is 0 Å². The molecule has 0 aliphatic carbocycles. The highest BCUT2D eigenvalue weighted by Crippen LogP contribution is 2.33. The summed E-state index contributed by atoms with van der Waals surface area (Å²) in [5.41, 5.74) is 7.68. The number of nitrogens with zero attached hydrogens (tertiary/aromatic N) is 2. The van der Waals surface area contributed by atoms with Crippen LogP contribution in [0.5, 0.6) is 0 Å². The predicted molar refractivity (Wildman–Crippen MR) is 143 cm³/mol. The van der Waals surface area contributed by atoms with Crippen molar-refractivity contribution in [2.75, 3.05) is 0 Å². The topological polar surface area (TPSA) is 8.81 Å². The van der Waals surface area contributed by atoms with Crippen LogP contribution < -0.4 is 4.57 Å². The van der Waals surface area contributed by atoms with Gasteiger partial charge in [0.2, 0.25) is 0 Å². The van der Waals surface area contributed by atoms with Crippen LogP contribution in [0.1, 0.15) is 107 Å². The van der Waals surface area contributed by atoms with E-state index >= 15 is 0 Å². The van der Waals surface area contributed by atoms with Crippen molar-refractivity contribution in [2.45, 2.75) is 79.1 Å². The number of imidazole rings is 1. The quantitative estimate of drug-likeness (QED) is 0.204. The summed E-state index contributed by atoms with van der Waals surface area (Å²) in [6.07, 6.45) is 4.28. The second kappa shape index (κ2) is 9.84. The summed E-state index contributed by atoms with van der Waals surface area (Å²) >= 11 is 11.4. The number of thiocarbonyl (C=S) groups is 1. The third-order valence-corrected chi connectivity index (χ3v) is 6.54. The molecule has 0 saturated carbocycles. The molecule has 0 atom stereocenters. The Morgan fingerprint density at radius 2 is 1.16 bits per heavy atom. The van der Waals surface area contributed by atoms with Gasteiger partial charge in [-0.3, -0.25) is 0 Å². The Hall–Kier alpha value is -2.04. The van der Waals surface area contributed by atoms with Crippen LogP contribution in [0.15, 0.2) is 48.8 Å². The van der Waals surface area contributed by atoms with Crippen LogP contribution in [0.2, 0.25) is 0 Å². The molecule has 3 rings (SSSR count). The lowest BCUT2D eigenvalue weighted by Gasteiger charge is -2.20. The van der Waals surface area contributed by atoms with Crippen molar-refractivity contribution in [3.63, 3.8) is 0 Å². The Balaban J connectivity index is 2.43. The molecule has 0 aliphatic rings. The fourth-order valence-electron chi connectivity index (χ4n) is 4.53. The van der Waals surface area contributed by atoms with Crippen molar-refractivity contribution < 1.29 is 4.57 Å². The van der Waals surface area contributed by atoms with E-state index in [1.807, 2.05) is 0 Å². The van der Waals surface area contributed by atoms with Crippen LogP contribution in [0.25, 0.3) is 11.4 Å². The fourth-order valence-corrected chi connectivity index (χ4v) is 4.92. The average molecular weight is 465 g/mol. The van der Waals surface area contributed by atoms with Crippen LogP contribution in [0.3, 0.4) is 0 Å². The standard InChI is InChI=1S/C28H36N2S2/c1-17(2)21-11-9-12-22(18(3)4)25(21)29-15-16-30(27(29)28(31)32)26-23(19(5)6)13-10-14-24(26)20(7)8/h9-20H,1-8H3. The second-order valence-corrected chi connectivity index (χ2v) is 10.9. The van der Waals surface area contributed by atoms with Crippen LogP contribution in [0, 0.1) is 0 Å². The molecule has 4 heteroatoms. The summed E-state index contributed by atoms with van der Waals surface area (Å²) in [5.74, 6) is 2.45. The van der Waals surface area contributed by atoms with Crippen LogP contribution >= 0.6 is 12.2 Å². The number of para-hydroxylation sites is 2. The normalized spacial score (nSPS) is 11.9. The first kappa shape index (κ1) is 24.6. The summed E-state index contributed by atoms with van der Waals surface area (Å²) in [4.78, 5) is 0. The van der Waals surface area contributed by atoms with Gasteiger partial charge in [0.25, 0.3) is 5.82 Å². The van der Waals surface area contributed by atoms with Crippen molar-refractivity contribution in [1.29, 1.82) is 0 Å². The Bertz CT molecular complexity index is 987. The lowest BCUT2D eigenvalue weighted by molar-refractivity contribution is -0.597. The maximum atomic E-state index is 5.70. The second-order valence-electron chi connectivity index (χ2n) is 9.84. The first-order valence-corrected chi connectivity index (χ1v) is 12.5. The highest BCUT2D eigenvalue weighted by Gasteiger charge is 2.28. The van der Waals surface area contributed by atoms with Gasteiger partial charge in [-0.2, -0.15) is 9.13 Å². The Kier molecular flexibility index (Phi) is 7.57. The van der Waals surface area contributed by atoms with Gasteiger partial charge in [-0.15, -0.1) is 0 Å². The molecular weight excluding hydrogens is 428 g/mol. The van der Waals surface area contributed by atoms with Gasteiger partial charge in [0.05, 0.1) is 0 Å².